The van der Waals surface area contributed by atoms with Gasteiger partial charge in [-0.3, -0.25) is 4.79 Å². The summed E-state index contributed by atoms with van der Waals surface area (Å²) in [5.74, 6) is 0.0345. The van der Waals surface area contributed by atoms with Crippen molar-refractivity contribution in [2.24, 2.45) is 0 Å². The Bertz CT molecular complexity index is 281. The SMILES string of the molecule is CC/C=C\C=C(/C)C(=O)N1CC[C@H](O)C1. The molecule has 0 aliphatic carbocycles. The second-order valence-electron chi connectivity index (χ2n) is 3.88. The van der Waals surface area contributed by atoms with Crippen LogP contribution in [0.25, 0.3) is 0 Å². The Morgan fingerprint density at radius 1 is 1.60 bits per heavy atom. The van der Waals surface area contributed by atoms with Gasteiger partial charge in [0.15, 0.2) is 0 Å². The standard InChI is InChI=1S/C12H19NO2/c1-3-4-5-6-10(2)12(15)13-8-7-11(14)9-13/h4-6,11,14H,3,7-9H2,1-2H3/b5-4-,10-6+/t11-/m0/s1. The monoisotopic (exact) mass is 209 g/mol. The second-order valence-corrected chi connectivity index (χ2v) is 3.88. The third-order valence-corrected chi connectivity index (χ3v) is 2.51. The van der Waals surface area contributed by atoms with Crippen LogP contribution in [0.5, 0.6) is 0 Å². The number of likely N-dealkylation sites (tertiary alicyclic amines) is 1. The predicted molar refractivity (Wildman–Crippen MR) is 60.4 cm³/mol. The molecular formula is C12H19NO2. The number of nitrogens with zero attached hydrogens (tertiary/aromatic N) is 1. The van der Waals surface area contributed by atoms with E-state index in [0.717, 1.165) is 12.0 Å². The highest BCUT2D eigenvalue weighted by Crippen LogP contribution is 2.12. The third kappa shape index (κ3) is 3.51. The maximum atomic E-state index is 11.8. The largest absolute Gasteiger partial charge is 0.391 e. The quantitative estimate of drug-likeness (QED) is 0.565. The number of rotatable bonds is 3. The molecule has 0 aromatic rings. The predicted octanol–water partition coefficient (Wildman–Crippen LogP) is 1.49. The number of β-amino-alcohol motifs (C(OH)–C–C–N with tert-alkyl or cyclic N) is 1. The molecule has 3 nitrogen and oxygen atoms in total. The van der Waals surface area contributed by atoms with Crippen LogP contribution in [0.1, 0.15) is 26.7 Å². The number of allylic oxidation sites excluding steroid dienone is 3. The molecule has 0 spiro atoms. The second kappa shape index (κ2) is 5.71. The van der Waals surface area contributed by atoms with Gasteiger partial charge in [-0.2, -0.15) is 0 Å². The molecule has 15 heavy (non-hydrogen) atoms. The lowest BCUT2D eigenvalue weighted by Gasteiger charge is -2.15. The summed E-state index contributed by atoms with van der Waals surface area (Å²) in [6.45, 7) is 5.01. The van der Waals surface area contributed by atoms with Crippen LogP contribution in [-0.4, -0.2) is 35.1 Å². The Morgan fingerprint density at radius 3 is 2.87 bits per heavy atom. The summed E-state index contributed by atoms with van der Waals surface area (Å²) in [5.41, 5.74) is 0.730. The molecule has 0 aromatic heterocycles. The molecule has 1 rings (SSSR count). The molecule has 1 amide bonds. The average molecular weight is 209 g/mol. The van der Waals surface area contributed by atoms with E-state index in [-0.39, 0.29) is 12.0 Å². The number of amides is 1. The van der Waals surface area contributed by atoms with Gasteiger partial charge in [-0.05, 0) is 19.8 Å². The number of hydrogen-bond donors (Lipinski definition) is 1. The Labute approximate surface area is 91.1 Å². The minimum atomic E-state index is -0.340. The first-order valence-electron chi connectivity index (χ1n) is 5.46. The number of carbonyl (C=O) groups excluding carboxylic acids is 1. The van der Waals surface area contributed by atoms with E-state index in [1.54, 1.807) is 4.90 Å². The lowest BCUT2D eigenvalue weighted by molar-refractivity contribution is -0.126. The van der Waals surface area contributed by atoms with Gasteiger partial charge in [-0.1, -0.05) is 25.2 Å². The first-order chi connectivity index (χ1) is 7.15. The topological polar surface area (TPSA) is 40.5 Å². The maximum absolute atomic E-state index is 11.8. The van der Waals surface area contributed by atoms with Crippen molar-refractivity contribution < 1.29 is 9.90 Å². The zero-order valence-electron chi connectivity index (χ0n) is 9.44. The van der Waals surface area contributed by atoms with Crippen molar-refractivity contribution in [1.29, 1.82) is 0 Å². The molecule has 0 saturated carbocycles. The van der Waals surface area contributed by atoms with Crippen molar-refractivity contribution in [3.05, 3.63) is 23.8 Å². The summed E-state index contributed by atoms with van der Waals surface area (Å²) in [6.07, 6.45) is 7.07. The van der Waals surface area contributed by atoms with E-state index in [0.29, 0.717) is 19.5 Å². The fraction of sp³-hybridized carbons (Fsp3) is 0.583. The zero-order valence-corrected chi connectivity index (χ0v) is 9.44. The minimum absolute atomic E-state index is 0.0345. The summed E-state index contributed by atoms with van der Waals surface area (Å²) >= 11 is 0. The van der Waals surface area contributed by atoms with Crippen molar-refractivity contribution in [1.82, 2.24) is 4.90 Å². The van der Waals surface area contributed by atoms with Gasteiger partial charge in [0.25, 0.3) is 0 Å². The van der Waals surface area contributed by atoms with Gasteiger partial charge < -0.3 is 10.0 Å². The molecule has 0 bridgehead atoms. The summed E-state index contributed by atoms with van der Waals surface area (Å²) in [4.78, 5) is 13.5. The Balaban J connectivity index is 2.52. The number of aliphatic hydroxyl groups excluding tert-OH is 1. The molecule has 0 aromatic carbocycles. The first-order valence-corrected chi connectivity index (χ1v) is 5.46. The molecule has 0 unspecified atom stereocenters. The maximum Gasteiger partial charge on any atom is 0.249 e. The van der Waals surface area contributed by atoms with Crippen molar-refractivity contribution in [3.63, 3.8) is 0 Å². The Morgan fingerprint density at radius 2 is 2.33 bits per heavy atom. The van der Waals surface area contributed by atoms with Crippen LogP contribution < -0.4 is 0 Å². The molecule has 1 aliphatic heterocycles. The van der Waals surface area contributed by atoms with Gasteiger partial charge >= 0.3 is 0 Å². The van der Waals surface area contributed by atoms with Crippen LogP contribution in [-0.2, 0) is 4.79 Å². The molecule has 1 heterocycles. The van der Waals surface area contributed by atoms with Gasteiger partial charge in [-0.15, -0.1) is 0 Å². The summed E-state index contributed by atoms with van der Waals surface area (Å²) < 4.78 is 0. The van der Waals surface area contributed by atoms with Crippen LogP contribution >= 0.6 is 0 Å². The van der Waals surface area contributed by atoms with Gasteiger partial charge in [0, 0.05) is 18.7 Å². The van der Waals surface area contributed by atoms with Crippen LogP contribution in [0.2, 0.25) is 0 Å². The Kier molecular flexibility index (Phi) is 4.56. The van der Waals surface area contributed by atoms with E-state index in [9.17, 15) is 9.90 Å². The lowest BCUT2D eigenvalue weighted by Crippen LogP contribution is -2.30. The molecule has 3 heteroatoms. The highest BCUT2D eigenvalue weighted by atomic mass is 16.3. The van der Waals surface area contributed by atoms with Crippen LogP contribution in [0.15, 0.2) is 23.8 Å². The molecular weight excluding hydrogens is 190 g/mol. The average Bonchev–Trinajstić information content (AvgIpc) is 2.64. The molecule has 1 saturated heterocycles. The smallest absolute Gasteiger partial charge is 0.249 e. The van der Waals surface area contributed by atoms with E-state index in [2.05, 4.69) is 6.92 Å². The summed E-state index contributed by atoms with van der Waals surface area (Å²) in [7, 11) is 0. The molecule has 84 valence electrons. The normalized spacial score (nSPS) is 22.7. The summed E-state index contributed by atoms with van der Waals surface area (Å²) in [5, 5.41) is 9.32. The van der Waals surface area contributed by atoms with Crippen molar-refractivity contribution in [3.8, 4) is 0 Å². The number of hydrogen-bond acceptors (Lipinski definition) is 2. The van der Waals surface area contributed by atoms with Crippen LogP contribution in [0.4, 0.5) is 0 Å². The van der Waals surface area contributed by atoms with Crippen LogP contribution in [0, 0.1) is 0 Å². The van der Waals surface area contributed by atoms with Gasteiger partial charge in [0.1, 0.15) is 0 Å². The van der Waals surface area contributed by atoms with Crippen molar-refractivity contribution in [2.45, 2.75) is 32.8 Å². The van der Waals surface area contributed by atoms with Crippen molar-refractivity contribution >= 4 is 5.91 Å². The molecule has 1 aliphatic rings. The molecule has 1 N–H and O–H groups in total. The first kappa shape index (κ1) is 12.0. The van der Waals surface area contributed by atoms with E-state index in [1.807, 2.05) is 25.2 Å². The fourth-order valence-electron chi connectivity index (χ4n) is 1.60. The Hall–Kier alpha value is -1.09. The highest BCUT2D eigenvalue weighted by Gasteiger charge is 2.24. The number of carbonyl (C=O) groups is 1. The zero-order chi connectivity index (χ0) is 11.3. The molecule has 1 atom stereocenters. The van der Waals surface area contributed by atoms with Crippen LogP contribution in [0.3, 0.4) is 0 Å². The van der Waals surface area contributed by atoms with E-state index >= 15 is 0 Å². The van der Waals surface area contributed by atoms with Gasteiger partial charge in [-0.25, -0.2) is 0 Å². The van der Waals surface area contributed by atoms with Gasteiger partial charge in [0.2, 0.25) is 5.91 Å². The number of aliphatic hydroxyl groups is 1. The van der Waals surface area contributed by atoms with Crippen molar-refractivity contribution in [2.75, 3.05) is 13.1 Å². The van der Waals surface area contributed by atoms with Gasteiger partial charge in [0.05, 0.1) is 6.10 Å². The summed E-state index contributed by atoms with van der Waals surface area (Å²) in [6, 6.07) is 0. The van der Waals surface area contributed by atoms with E-state index in [4.69, 9.17) is 0 Å². The minimum Gasteiger partial charge on any atom is -0.391 e. The third-order valence-electron chi connectivity index (χ3n) is 2.51. The van der Waals surface area contributed by atoms with E-state index in [1.165, 1.54) is 0 Å². The molecule has 0 radical (unpaired) electrons. The molecule has 1 fully saturated rings. The van der Waals surface area contributed by atoms with E-state index < -0.39 is 0 Å². The highest BCUT2D eigenvalue weighted by molar-refractivity contribution is 5.93. The lowest BCUT2D eigenvalue weighted by atomic mass is 10.2. The fourth-order valence-corrected chi connectivity index (χ4v) is 1.60.